The molecule has 0 spiro atoms. The lowest BCUT2D eigenvalue weighted by Gasteiger charge is -2.19. The first-order chi connectivity index (χ1) is 23.1. The van der Waals surface area contributed by atoms with Crippen LogP contribution in [0.25, 0.3) is 77.6 Å². The highest BCUT2D eigenvalue weighted by Crippen LogP contribution is 2.39. The molecule has 10 rings (SSSR count). The van der Waals surface area contributed by atoms with Gasteiger partial charge in [-0.15, -0.1) is 0 Å². The van der Waals surface area contributed by atoms with Gasteiger partial charge in [0.25, 0.3) is 0 Å². The minimum Gasteiger partial charge on any atom is -0.309 e. The van der Waals surface area contributed by atoms with E-state index in [9.17, 15) is 0 Å². The lowest BCUT2D eigenvalue weighted by molar-refractivity contribution is 1.06. The minimum atomic E-state index is -2.14. The summed E-state index contributed by atoms with van der Waals surface area (Å²) in [7, 11) is -2.14. The van der Waals surface area contributed by atoms with Crippen molar-refractivity contribution in [2.75, 3.05) is 0 Å². The predicted molar refractivity (Wildman–Crippen MR) is 198 cm³/mol. The maximum atomic E-state index is 5.55. The van der Waals surface area contributed by atoms with E-state index in [1.807, 2.05) is 0 Å². The molecule has 0 saturated carbocycles. The van der Waals surface area contributed by atoms with E-state index in [0.717, 1.165) is 39.4 Å². The van der Waals surface area contributed by atoms with Gasteiger partial charge in [-0.25, -0.2) is 9.97 Å². The van der Waals surface area contributed by atoms with E-state index in [-0.39, 0.29) is 0 Å². The number of nitrogens with zero attached hydrogens (tertiary/aromatic N) is 4. The Bertz CT molecular complexity index is 2660. The predicted octanol–water partition coefficient (Wildman–Crippen LogP) is 9.14. The molecular weight excluding hydrogens is 589 g/mol. The van der Waals surface area contributed by atoms with Gasteiger partial charge >= 0.3 is 0 Å². The van der Waals surface area contributed by atoms with E-state index < -0.39 is 8.07 Å². The smallest absolute Gasteiger partial charge is 0.161 e. The molecular formula is C42H30N4Si. The topological polar surface area (TPSA) is 35.6 Å². The van der Waals surface area contributed by atoms with Crippen LogP contribution in [0.1, 0.15) is 0 Å². The Hall–Kier alpha value is -5.78. The third-order valence-corrected chi connectivity index (χ3v) is 13.4. The zero-order chi connectivity index (χ0) is 31.3. The van der Waals surface area contributed by atoms with Gasteiger partial charge < -0.3 is 4.57 Å². The van der Waals surface area contributed by atoms with Crippen LogP contribution in [0.2, 0.25) is 13.1 Å². The quantitative estimate of drug-likeness (QED) is 0.185. The molecule has 0 N–H and O–H groups in total. The van der Waals surface area contributed by atoms with Crippen LogP contribution in [0.15, 0.2) is 146 Å². The zero-order valence-electron chi connectivity index (χ0n) is 26.1. The van der Waals surface area contributed by atoms with Crippen LogP contribution in [0.3, 0.4) is 0 Å². The summed E-state index contributed by atoms with van der Waals surface area (Å²) in [5, 5.41) is 7.54. The third kappa shape index (κ3) is 3.63. The van der Waals surface area contributed by atoms with Crippen molar-refractivity contribution in [3.8, 4) is 34.0 Å². The van der Waals surface area contributed by atoms with E-state index in [1.165, 1.54) is 48.7 Å². The van der Waals surface area contributed by atoms with Crippen molar-refractivity contribution in [2.45, 2.75) is 13.1 Å². The second-order valence-corrected chi connectivity index (χ2v) is 17.3. The molecule has 47 heavy (non-hydrogen) atoms. The normalized spacial score (nSPS) is 13.5. The van der Waals surface area contributed by atoms with E-state index in [4.69, 9.17) is 9.97 Å². The molecule has 4 nitrogen and oxygen atoms in total. The Morgan fingerprint density at radius 1 is 0.489 bits per heavy atom. The van der Waals surface area contributed by atoms with Gasteiger partial charge in [-0.05, 0) is 47.1 Å². The number of fused-ring (bicyclic) bond motifs is 9. The Labute approximate surface area is 273 Å². The van der Waals surface area contributed by atoms with E-state index in [1.54, 1.807) is 0 Å². The molecule has 3 aromatic heterocycles. The largest absolute Gasteiger partial charge is 0.309 e. The van der Waals surface area contributed by atoms with Crippen LogP contribution in [0.5, 0.6) is 0 Å². The lowest BCUT2D eigenvalue weighted by Crippen LogP contribution is -2.51. The number of aromatic nitrogens is 4. The Balaban J connectivity index is 1.31. The first-order valence-corrected chi connectivity index (χ1v) is 19.2. The van der Waals surface area contributed by atoms with Gasteiger partial charge in [0.15, 0.2) is 5.82 Å². The van der Waals surface area contributed by atoms with Crippen molar-refractivity contribution in [1.29, 1.82) is 0 Å². The van der Waals surface area contributed by atoms with Gasteiger partial charge in [0, 0.05) is 43.7 Å². The minimum absolute atomic E-state index is 0.765. The summed E-state index contributed by atoms with van der Waals surface area (Å²) in [6, 6.07) is 52.3. The monoisotopic (exact) mass is 618 g/mol. The average Bonchev–Trinajstić information content (AvgIpc) is 3.72. The Morgan fingerprint density at radius 3 is 1.72 bits per heavy atom. The first kappa shape index (κ1) is 26.4. The summed E-state index contributed by atoms with van der Waals surface area (Å²) >= 11 is 0. The summed E-state index contributed by atoms with van der Waals surface area (Å²) in [6.45, 7) is 4.86. The van der Waals surface area contributed by atoms with Gasteiger partial charge in [0.2, 0.25) is 0 Å². The number of hydrogen-bond donors (Lipinski definition) is 0. The SMILES string of the molecule is C[Si]1(C)c2ccccc2-c2c(-n3c4ccccc4c4ccccc43)nc(-c3ccc4c5ccccc5n(-c5ccccc5)c4c3)nc21. The second-order valence-electron chi connectivity index (χ2n) is 13.1. The van der Waals surface area contributed by atoms with Crippen molar-refractivity contribution < 1.29 is 0 Å². The highest BCUT2D eigenvalue weighted by Gasteiger charge is 2.42. The number of hydrogen-bond acceptors (Lipinski definition) is 2. The fourth-order valence-corrected chi connectivity index (χ4v) is 10.8. The molecule has 5 heteroatoms. The third-order valence-electron chi connectivity index (χ3n) is 10.1. The highest BCUT2D eigenvalue weighted by atomic mass is 28.3. The van der Waals surface area contributed by atoms with Crippen molar-refractivity contribution in [3.05, 3.63) is 146 Å². The van der Waals surface area contributed by atoms with Crippen LogP contribution in [0, 0.1) is 0 Å². The van der Waals surface area contributed by atoms with Crippen molar-refractivity contribution in [1.82, 2.24) is 19.1 Å². The number of benzene rings is 6. The summed E-state index contributed by atoms with van der Waals surface area (Å²) in [6.07, 6.45) is 0. The van der Waals surface area contributed by atoms with E-state index in [0.29, 0.717) is 0 Å². The molecule has 0 atom stereocenters. The molecule has 0 fully saturated rings. The van der Waals surface area contributed by atoms with E-state index >= 15 is 0 Å². The van der Waals surface area contributed by atoms with Crippen LogP contribution in [-0.2, 0) is 0 Å². The summed E-state index contributed by atoms with van der Waals surface area (Å²) in [5.74, 6) is 1.72. The number of para-hydroxylation sites is 4. The van der Waals surface area contributed by atoms with Crippen molar-refractivity contribution >= 4 is 62.2 Å². The molecule has 0 saturated heterocycles. The molecule has 1 aliphatic rings. The summed E-state index contributed by atoms with van der Waals surface area (Å²) < 4.78 is 4.74. The molecule has 0 amide bonds. The van der Waals surface area contributed by atoms with Gasteiger partial charge in [-0.1, -0.05) is 122 Å². The maximum Gasteiger partial charge on any atom is 0.161 e. The van der Waals surface area contributed by atoms with Gasteiger partial charge in [0.1, 0.15) is 13.9 Å². The second kappa shape index (κ2) is 9.61. The summed E-state index contributed by atoms with van der Waals surface area (Å²) in [4.78, 5) is 11.1. The zero-order valence-corrected chi connectivity index (χ0v) is 27.1. The Kier molecular flexibility index (Phi) is 5.41. The molecule has 4 heterocycles. The molecule has 9 aromatic rings. The van der Waals surface area contributed by atoms with Crippen LogP contribution < -0.4 is 10.5 Å². The highest BCUT2D eigenvalue weighted by molar-refractivity contribution is 7.03. The van der Waals surface area contributed by atoms with Crippen molar-refractivity contribution in [3.63, 3.8) is 0 Å². The van der Waals surface area contributed by atoms with Gasteiger partial charge in [-0.2, -0.15) is 0 Å². The first-order valence-electron chi connectivity index (χ1n) is 16.2. The summed E-state index contributed by atoms with van der Waals surface area (Å²) in [5.41, 5.74) is 9.25. The van der Waals surface area contributed by atoms with Gasteiger partial charge in [0.05, 0.1) is 22.1 Å². The molecule has 0 bridgehead atoms. The fourth-order valence-electron chi connectivity index (χ4n) is 7.93. The molecule has 1 aliphatic heterocycles. The molecule has 222 valence electrons. The fraction of sp³-hybridized carbons (Fsp3) is 0.0476. The standard InChI is InChI=1S/C42H30N4Si/c1-47(2)38-23-13-9-19-33(38)39-41(46-35-21-11-7-16-29(35)30-17-8-12-22-36(30)46)43-40(44-42(39)47)27-24-25-32-31-18-6-10-20-34(31)45(37(32)26-27)28-14-4-3-5-15-28/h3-26H,1-2H3. The molecule has 0 radical (unpaired) electrons. The molecule has 0 aliphatic carbocycles. The lowest BCUT2D eigenvalue weighted by atomic mass is 10.1. The maximum absolute atomic E-state index is 5.55. The Morgan fingerprint density at radius 2 is 1.04 bits per heavy atom. The van der Waals surface area contributed by atoms with Crippen LogP contribution >= 0.6 is 0 Å². The van der Waals surface area contributed by atoms with Gasteiger partial charge in [-0.3, -0.25) is 4.57 Å². The van der Waals surface area contributed by atoms with Crippen LogP contribution in [0.4, 0.5) is 0 Å². The van der Waals surface area contributed by atoms with Crippen molar-refractivity contribution in [2.24, 2.45) is 0 Å². The van der Waals surface area contributed by atoms with Crippen LogP contribution in [-0.4, -0.2) is 27.2 Å². The average molecular weight is 619 g/mol. The van der Waals surface area contributed by atoms with E-state index in [2.05, 4.69) is 168 Å². The molecule has 6 aromatic carbocycles. The number of rotatable bonds is 3. The molecule has 0 unspecified atom stereocenters.